The zero-order valence-corrected chi connectivity index (χ0v) is 23.2. The lowest BCUT2D eigenvalue weighted by atomic mass is 10.0. The summed E-state index contributed by atoms with van der Waals surface area (Å²) < 4.78 is 0.268. The molecule has 212 valence electrons. The highest BCUT2D eigenvalue weighted by molar-refractivity contribution is 5.67. The molecule has 0 amide bonds. The van der Waals surface area contributed by atoms with E-state index >= 15 is 0 Å². The molecule has 7 nitrogen and oxygen atoms in total. The van der Waals surface area contributed by atoms with Crippen molar-refractivity contribution in [2.45, 2.75) is 142 Å². The van der Waals surface area contributed by atoms with Gasteiger partial charge in [-0.25, -0.2) is 0 Å². The van der Waals surface area contributed by atoms with Crippen LogP contribution in [0.15, 0.2) is 0 Å². The van der Waals surface area contributed by atoms with Crippen molar-refractivity contribution >= 4 is 17.9 Å². The van der Waals surface area contributed by atoms with Crippen molar-refractivity contribution in [1.82, 2.24) is 0 Å². The summed E-state index contributed by atoms with van der Waals surface area (Å²) in [6.07, 6.45) is 23.0. The van der Waals surface area contributed by atoms with E-state index in [-0.39, 0.29) is 43.4 Å². The van der Waals surface area contributed by atoms with Gasteiger partial charge in [-0.3, -0.25) is 14.4 Å². The third-order valence-electron chi connectivity index (χ3n) is 7.39. The van der Waals surface area contributed by atoms with E-state index in [0.717, 1.165) is 19.3 Å². The summed E-state index contributed by atoms with van der Waals surface area (Å²) in [6.45, 7) is 3.77. The van der Waals surface area contributed by atoms with Crippen molar-refractivity contribution in [3.63, 3.8) is 0 Å². The average Bonchev–Trinajstić information content (AvgIpc) is 2.83. The first-order valence-corrected chi connectivity index (χ1v) is 14.8. The van der Waals surface area contributed by atoms with Crippen molar-refractivity contribution < 1.29 is 34.2 Å². The monoisotopic (exact) mass is 514 g/mol. The normalized spacial score (nSPS) is 11.6. The fraction of sp³-hybridized carbons (Fsp3) is 0.897. The van der Waals surface area contributed by atoms with E-state index in [1.54, 1.807) is 0 Å². The maximum Gasteiger partial charge on any atom is 0.309 e. The molecular formula is C29H56NO6+. The third kappa shape index (κ3) is 22.8. The van der Waals surface area contributed by atoms with Crippen LogP contribution in [0.2, 0.25) is 0 Å². The maximum atomic E-state index is 11.1. The lowest BCUT2D eigenvalue weighted by Crippen LogP contribution is -2.52. The van der Waals surface area contributed by atoms with Gasteiger partial charge >= 0.3 is 17.9 Å². The fourth-order valence-corrected chi connectivity index (χ4v) is 5.02. The van der Waals surface area contributed by atoms with Crippen molar-refractivity contribution in [3.8, 4) is 0 Å². The van der Waals surface area contributed by atoms with E-state index in [1.165, 1.54) is 96.3 Å². The first kappa shape index (κ1) is 34.4. The van der Waals surface area contributed by atoms with Gasteiger partial charge in [-0.1, -0.05) is 110 Å². The Morgan fingerprint density at radius 3 is 0.917 bits per heavy atom. The maximum absolute atomic E-state index is 11.1. The zero-order valence-electron chi connectivity index (χ0n) is 23.2. The first-order chi connectivity index (χ1) is 17.3. The SMILES string of the molecule is CCCCCCCCCCCCCCCCCCCC[N+](CCC(=O)O)(CCC(=O)O)CCC(=O)O. The van der Waals surface area contributed by atoms with Crippen LogP contribution < -0.4 is 0 Å². The molecule has 0 spiro atoms. The van der Waals surface area contributed by atoms with Gasteiger partial charge in [0.1, 0.15) is 0 Å². The molecule has 0 radical (unpaired) electrons. The summed E-state index contributed by atoms with van der Waals surface area (Å²) >= 11 is 0. The molecule has 0 aliphatic rings. The van der Waals surface area contributed by atoms with Crippen LogP contribution in [0.1, 0.15) is 142 Å². The first-order valence-electron chi connectivity index (χ1n) is 14.8. The van der Waals surface area contributed by atoms with Gasteiger partial charge in [-0.2, -0.15) is 0 Å². The minimum absolute atomic E-state index is 0.0711. The van der Waals surface area contributed by atoms with Crippen LogP contribution in [0.3, 0.4) is 0 Å². The van der Waals surface area contributed by atoms with Gasteiger partial charge in [0, 0.05) is 0 Å². The lowest BCUT2D eigenvalue weighted by molar-refractivity contribution is -0.927. The molecule has 0 heterocycles. The zero-order chi connectivity index (χ0) is 26.9. The number of carbonyl (C=O) groups is 3. The summed E-state index contributed by atoms with van der Waals surface area (Å²) in [4.78, 5) is 33.4. The molecule has 0 unspecified atom stereocenters. The highest BCUT2D eigenvalue weighted by Gasteiger charge is 2.29. The van der Waals surface area contributed by atoms with Crippen LogP contribution in [0.25, 0.3) is 0 Å². The number of carboxylic acids is 3. The second-order valence-corrected chi connectivity index (χ2v) is 10.7. The Kier molecular flexibility index (Phi) is 22.7. The van der Waals surface area contributed by atoms with Crippen molar-refractivity contribution in [2.24, 2.45) is 0 Å². The molecule has 0 aliphatic heterocycles. The second-order valence-electron chi connectivity index (χ2n) is 10.7. The minimum atomic E-state index is -0.930. The van der Waals surface area contributed by atoms with Crippen molar-refractivity contribution in [1.29, 1.82) is 0 Å². The Hall–Kier alpha value is -1.63. The molecule has 0 atom stereocenters. The van der Waals surface area contributed by atoms with Crippen LogP contribution in [-0.2, 0) is 14.4 Å². The van der Waals surface area contributed by atoms with E-state index in [0.29, 0.717) is 6.54 Å². The quantitative estimate of drug-likeness (QED) is 0.0747. The molecule has 0 saturated carbocycles. The minimum Gasteiger partial charge on any atom is -0.481 e. The van der Waals surface area contributed by atoms with Gasteiger partial charge in [-0.05, 0) is 12.8 Å². The van der Waals surface area contributed by atoms with Gasteiger partial charge in [0.05, 0.1) is 45.4 Å². The summed E-state index contributed by atoms with van der Waals surface area (Å²) in [5.74, 6) is -2.79. The highest BCUT2D eigenvalue weighted by Crippen LogP contribution is 2.17. The van der Waals surface area contributed by atoms with Crippen LogP contribution in [0.5, 0.6) is 0 Å². The van der Waals surface area contributed by atoms with E-state index in [2.05, 4.69) is 6.92 Å². The molecule has 7 heteroatoms. The van der Waals surface area contributed by atoms with Gasteiger partial charge in [0.25, 0.3) is 0 Å². The largest absolute Gasteiger partial charge is 0.481 e. The van der Waals surface area contributed by atoms with Crippen LogP contribution >= 0.6 is 0 Å². The molecule has 0 aromatic rings. The predicted octanol–water partition coefficient (Wildman–Crippen LogP) is 7.27. The lowest BCUT2D eigenvalue weighted by Gasteiger charge is -2.38. The average molecular weight is 515 g/mol. The molecule has 36 heavy (non-hydrogen) atoms. The summed E-state index contributed by atoms with van der Waals surface area (Å²) in [5, 5.41) is 27.3. The number of aliphatic carboxylic acids is 3. The van der Waals surface area contributed by atoms with Gasteiger partial charge in [-0.15, -0.1) is 0 Å². The number of rotatable bonds is 28. The molecular weight excluding hydrogens is 458 g/mol. The van der Waals surface area contributed by atoms with E-state index in [9.17, 15) is 14.4 Å². The van der Waals surface area contributed by atoms with Crippen molar-refractivity contribution in [2.75, 3.05) is 26.2 Å². The molecule has 0 fully saturated rings. The third-order valence-corrected chi connectivity index (χ3v) is 7.39. The Morgan fingerprint density at radius 1 is 0.417 bits per heavy atom. The van der Waals surface area contributed by atoms with Crippen LogP contribution in [0.4, 0.5) is 0 Å². The number of hydrogen-bond donors (Lipinski definition) is 3. The van der Waals surface area contributed by atoms with E-state index in [1.807, 2.05) is 0 Å². The van der Waals surface area contributed by atoms with Crippen LogP contribution in [-0.4, -0.2) is 63.9 Å². The number of carboxylic acid groups (broad SMARTS) is 3. The molecule has 0 aromatic heterocycles. The molecule has 0 bridgehead atoms. The van der Waals surface area contributed by atoms with E-state index in [4.69, 9.17) is 15.3 Å². The summed E-state index contributed by atoms with van der Waals surface area (Å²) in [7, 11) is 0. The molecule has 0 rings (SSSR count). The standard InChI is InChI=1S/C29H55NO6/c1-2-3-4-5-6-7-8-9-10-11-12-13-14-15-16-17-18-19-23-30(24-20-27(31)32,25-21-28(33)34)26-22-29(35)36/h2-26H2,1H3,(H2-,31,32,33,34,35,36)/p+1. The molecule has 0 aliphatic carbocycles. The Bertz CT molecular complexity index is 520. The number of quaternary nitrogens is 1. The molecule has 0 saturated heterocycles. The van der Waals surface area contributed by atoms with Gasteiger partial charge < -0.3 is 19.8 Å². The van der Waals surface area contributed by atoms with Gasteiger partial charge in [0.2, 0.25) is 0 Å². The Balaban J connectivity index is 3.93. The second kappa shape index (κ2) is 23.7. The van der Waals surface area contributed by atoms with Gasteiger partial charge in [0.15, 0.2) is 0 Å². The fourth-order valence-electron chi connectivity index (χ4n) is 5.02. The number of hydrogen-bond acceptors (Lipinski definition) is 3. The Morgan fingerprint density at radius 2 is 0.667 bits per heavy atom. The smallest absolute Gasteiger partial charge is 0.309 e. The Labute approximate surface area is 220 Å². The predicted molar refractivity (Wildman–Crippen MR) is 145 cm³/mol. The number of nitrogens with zero attached hydrogens (tertiary/aromatic N) is 1. The topological polar surface area (TPSA) is 112 Å². The number of unbranched alkanes of at least 4 members (excludes halogenated alkanes) is 17. The van der Waals surface area contributed by atoms with Crippen LogP contribution in [0, 0.1) is 0 Å². The highest BCUT2D eigenvalue weighted by atomic mass is 16.4. The summed E-state index contributed by atoms with van der Waals surface area (Å²) in [5.41, 5.74) is 0. The van der Waals surface area contributed by atoms with Crippen molar-refractivity contribution in [3.05, 3.63) is 0 Å². The summed E-state index contributed by atoms with van der Waals surface area (Å²) in [6, 6.07) is 0. The molecule has 0 aromatic carbocycles. The molecule has 3 N–H and O–H groups in total. The van der Waals surface area contributed by atoms with E-state index < -0.39 is 17.9 Å².